The molecule has 0 saturated heterocycles. The molecule has 0 fully saturated rings. The molecule has 0 bridgehead atoms. The van der Waals surface area contributed by atoms with E-state index in [2.05, 4.69) is 123 Å². The number of carboxylic acids is 1. The maximum Gasteiger partial charge on any atom is 0.306 e. The lowest BCUT2D eigenvalue weighted by Crippen LogP contribution is -2.44. The molecule has 0 heterocycles. The number of hydrogen-bond acceptors (Lipinski definition) is 8. The minimum Gasteiger partial charge on any atom is -0.545 e. The molecule has 0 aromatic carbocycles. The van der Waals surface area contributed by atoms with Gasteiger partial charge in [-0.1, -0.05) is 290 Å². The van der Waals surface area contributed by atoms with Crippen LogP contribution in [0.25, 0.3) is 0 Å². The molecule has 0 aliphatic rings. The zero-order valence-electron chi connectivity index (χ0n) is 55.7. The van der Waals surface area contributed by atoms with Crippen LogP contribution in [0.1, 0.15) is 296 Å². The number of esters is 2. The summed E-state index contributed by atoms with van der Waals surface area (Å²) in [5, 5.41) is 11.8. The molecule has 0 aliphatic heterocycles. The minimum absolute atomic E-state index is 0.139. The second-order valence-electron chi connectivity index (χ2n) is 24.4. The number of rotatable bonds is 64. The Kier molecular flexibility index (Phi) is 62.8. The van der Waals surface area contributed by atoms with Gasteiger partial charge in [0, 0.05) is 12.8 Å². The number of likely N-dealkylation sites (N-methyl/N-ethyl adjacent to an activating group) is 1. The lowest BCUT2D eigenvalue weighted by atomic mass is 10.0. The Balaban J connectivity index is 4.14. The Hall–Kier alpha value is -4.05. The number of unbranched alkanes of at least 4 members (excludes halogenated alkanes) is 31. The van der Waals surface area contributed by atoms with Crippen molar-refractivity contribution in [3.8, 4) is 0 Å². The fourth-order valence-corrected chi connectivity index (χ4v) is 9.67. The van der Waals surface area contributed by atoms with Gasteiger partial charge in [0.25, 0.3) is 0 Å². The van der Waals surface area contributed by atoms with Crippen LogP contribution in [0.4, 0.5) is 0 Å². The first kappa shape index (κ1) is 81.0. The zero-order valence-corrected chi connectivity index (χ0v) is 55.7. The summed E-state index contributed by atoms with van der Waals surface area (Å²) in [7, 11) is 5.92. The van der Waals surface area contributed by atoms with Crippen LogP contribution in [0, 0.1) is 0 Å². The minimum atomic E-state index is -1.63. The summed E-state index contributed by atoms with van der Waals surface area (Å²) in [6, 6.07) is 0. The maximum absolute atomic E-state index is 12.9. The van der Waals surface area contributed by atoms with E-state index in [0.29, 0.717) is 17.4 Å². The highest BCUT2D eigenvalue weighted by Crippen LogP contribution is 2.17. The number of allylic oxidation sites excluding steroid dienone is 18. The molecule has 2 unspecified atom stereocenters. The normalized spacial score (nSPS) is 13.4. The second kappa shape index (κ2) is 65.9. The van der Waals surface area contributed by atoms with E-state index in [1.165, 1.54) is 161 Å². The molecule has 488 valence electrons. The van der Waals surface area contributed by atoms with Crippen LogP contribution >= 0.6 is 0 Å². The molecule has 0 rings (SSSR count). The Morgan fingerprint density at radius 1 is 0.365 bits per heavy atom. The predicted molar refractivity (Wildman–Crippen MR) is 361 cm³/mol. The Bertz CT molecular complexity index is 1760. The van der Waals surface area contributed by atoms with Gasteiger partial charge in [-0.15, -0.1) is 0 Å². The molecule has 0 aliphatic carbocycles. The highest BCUT2D eigenvalue weighted by atomic mass is 16.7. The highest BCUT2D eigenvalue weighted by Gasteiger charge is 2.22. The SMILES string of the molecule is CC/C=C\C/C=C\C/C=C\C/C=C\C/C=C\C/C=C\C/C=C\CCCCCCCC(=O)OC(COC(=O)CCCCCCCCCCCCCCCCCCCCCCC/C=C\C/C=C\CCCCCCC)COC(OCC[N+](C)(C)C)C(=O)[O-]. The van der Waals surface area contributed by atoms with Gasteiger partial charge in [0.05, 0.1) is 40.3 Å². The Labute approximate surface area is 524 Å². The summed E-state index contributed by atoms with van der Waals surface area (Å²) in [5.41, 5.74) is 0. The molecule has 0 aromatic heterocycles. The van der Waals surface area contributed by atoms with Crippen molar-refractivity contribution in [2.45, 2.75) is 309 Å². The van der Waals surface area contributed by atoms with Gasteiger partial charge < -0.3 is 33.3 Å². The summed E-state index contributed by atoms with van der Waals surface area (Å²) < 4.78 is 22.8. The summed E-state index contributed by atoms with van der Waals surface area (Å²) >= 11 is 0. The van der Waals surface area contributed by atoms with Crippen molar-refractivity contribution in [2.24, 2.45) is 0 Å². The van der Waals surface area contributed by atoms with Gasteiger partial charge in [-0.3, -0.25) is 9.59 Å². The van der Waals surface area contributed by atoms with E-state index in [-0.39, 0.29) is 38.6 Å². The fraction of sp³-hybridized carbons (Fsp3) is 0.724. The van der Waals surface area contributed by atoms with E-state index in [1.807, 2.05) is 21.1 Å². The number of carboxylic acid groups (broad SMARTS) is 1. The molecular weight excluding hydrogens is 1050 g/mol. The number of nitrogens with zero attached hydrogens (tertiary/aromatic N) is 1. The van der Waals surface area contributed by atoms with E-state index in [0.717, 1.165) is 103 Å². The van der Waals surface area contributed by atoms with Gasteiger partial charge in [0.1, 0.15) is 13.2 Å². The molecule has 0 amide bonds. The standard InChI is InChI=1S/C76H131NO8/c1-6-8-10-12-14-16-18-20-22-24-26-28-30-32-34-35-36-37-38-39-41-42-44-46-48-50-52-54-56-58-60-62-64-66-73(78)83-70-72(71-84-76(75(80)81)82-69-68-77(3,4)5)85-74(79)67-65-63-61-59-57-55-53-51-49-47-45-43-40-33-31-29-27-25-23-21-19-17-15-13-11-9-7-2/h9,11,15,17-18,20-21,23-24,26-27,29,33,40,45,47,51,53,72,76H,6-8,10,12-14,16,19,22,25,28,30-32,34-39,41-44,46,48-50,52,54-71H2,1-5H3/b11-9-,17-15-,20-18-,23-21-,26-24-,29-27-,40-33-,47-45-,53-51-. The van der Waals surface area contributed by atoms with Crippen molar-refractivity contribution in [1.29, 1.82) is 0 Å². The molecule has 2 atom stereocenters. The van der Waals surface area contributed by atoms with Gasteiger partial charge >= 0.3 is 11.9 Å². The molecule has 0 spiro atoms. The lowest BCUT2D eigenvalue weighted by Gasteiger charge is -2.26. The first-order chi connectivity index (χ1) is 41.6. The van der Waals surface area contributed by atoms with Crippen LogP contribution in [0.5, 0.6) is 0 Å². The molecule has 0 aromatic rings. The highest BCUT2D eigenvalue weighted by molar-refractivity contribution is 5.70. The monoisotopic (exact) mass is 1190 g/mol. The van der Waals surface area contributed by atoms with Crippen molar-refractivity contribution < 1.29 is 42.9 Å². The maximum atomic E-state index is 12.9. The zero-order chi connectivity index (χ0) is 61.9. The Morgan fingerprint density at radius 3 is 1.00 bits per heavy atom. The van der Waals surface area contributed by atoms with Crippen LogP contribution in [-0.2, 0) is 33.3 Å². The van der Waals surface area contributed by atoms with Crippen molar-refractivity contribution >= 4 is 17.9 Å². The largest absolute Gasteiger partial charge is 0.545 e. The van der Waals surface area contributed by atoms with Crippen LogP contribution < -0.4 is 5.11 Å². The third-order valence-electron chi connectivity index (χ3n) is 15.0. The van der Waals surface area contributed by atoms with E-state index >= 15 is 0 Å². The molecule has 0 radical (unpaired) electrons. The van der Waals surface area contributed by atoms with Gasteiger partial charge in [-0.25, -0.2) is 0 Å². The van der Waals surface area contributed by atoms with Crippen LogP contribution in [0.2, 0.25) is 0 Å². The molecular formula is C76H131NO8. The van der Waals surface area contributed by atoms with E-state index in [4.69, 9.17) is 18.9 Å². The number of carbonyl (C=O) groups excluding carboxylic acids is 3. The van der Waals surface area contributed by atoms with E-state index in [1.54, 1.807) is 0 Å². The fourth-order valence-electron chi connectivity index (χ4n) is 9.67. The van der Waals surface area contributed by atoms with Crippen molar-refractivity contribution in [3.05, 3.63) is 109 Å². The van der Waals surface area contributed by atoms with Gasteiger partial charge in [0.2, 0.25) is 0 Å². The van der Waals surface area contributed by atoms with Crippen LogP contribution in [-0.4, -0.2) is 82.3 Å². The smallest absolute Gasteiger partial charge is 0.306 e. The third kappa shape index (κ3) is 67.3. The van der Waals surface area contributed by atoms with Gasteiger partial charge in [-0.2, -0.15) is 0 Å². The van der Waals surface area contributed by atoms with Crippen LogP contribution in [0.3, 0.4) is 0 Å². The average molecular weight is 1190 g/mol. The molecule has 0 saturated carbocycles. The number of carbonyl (C=O) groups is 3. The number of quaternary nitrogens is 1. The molecule has 9 nitrogen and oxygen atoms in total. The topological polar surface area (TPSA) is 111 Å². The summed E-state index contributed by atoms with van der Waals surface area (Å²) in [5.74, 6) is -2.31. The number of hydrogen-bond donors (Lipinski definition) is 0. The van der Waals surface area contributed by atoms with Crippen LogP contribution in [0.15, 0.2) is 109 Å². The molecule has 9 heteroatoms. The lowest BCUT2D eigenvalue weighted by molar-refractivity contribution is -0.870. The summed E-state index contributed by atoms with van der Waals surface area (Å²) in [4.78, 5) is 37.5. The van der Waals surface area contributed by atoms with Crippen molar-refractivity contribution in [1.82, 2.24) is 0 Å². The van der Waals surface area contributed by atoms with E-state index < -0.39 is 24.3 Å². The Morgan fingerprint density at radius 2 is 0.671 bits per heavy atom. The average Bonchev–Trinajstić information content (AvgIpc) is 3.48. The summed E-state index contributed by atoms with van der Waals surface area (Å²) in [6.07, 6.45) is 88.9. The first-order valence-electron chi connectivity index (χ1n) is 35.0. The van der Waals surface area contributed by atoms with Gasteiger partial charge in [-0.05, 0) is 103 Å². The molecule has 85 heavy (non-hydrogen) atoms. The van der Waals surface area contributed by atoms with Crippen molar-refractivity contribution in [3.63, 3.8) is 0 Å². The number of aliphatic carboxylic acids is 1. The third-order valence-corrected chi connectivity index (χ3v) is 15.0. The second-order valence-corrected chi connectivity index (χ2v) is 24.4. The van der Waals surface area contributed by atoms with Gasteiger partial charge in [0.15, 0.2) is 12.4 Å². The summed E-state index contributed by atoms with van der Waals surface area (Å²) in [6.45, 7) is 4.62. The molecule has 0 N–H and O–H groups in total. The first-order valence-corrected chi connectivity index (χ1v) is 35.0. The van der Waals surface area contributed by atoms with Crippen molar-refractivity contribution in [2.75, 3.05) is 47.5 Å². The number of ether oxygens (including phenoxy) is 4. The predicted octanol–water partition coefficient (Wildman–Crippen LogP) is 20.5. The quantitative estimate of drug-likeness (QED) is 0.0195. The van der Waals surface area contributed by atoms with E-state index in [9.17, 15) is 19.5 Å².